The van der Waals surface area contributed by atoms with Gasteiger partial charge in [0.25, 0.3) is 0 Å². The van der Waals surface area contributed by atoms with Crippen LogP contribution in [-0.2, 0) is 10.0 Å². The van der Waals surface area contributed by atoms with Gasteiger partial charge in [0.2, 0.25) is 10.0 Å². The molecule has 1 aliphatic rings. The molecule has 0 spiro atoms. The highest BCUT2D eigenvalue weighted by Crippen LogP contribution is 2.28. The molecule has 1 aromatic heterocycles. The molecule has 1 fully saturated rings. The Balaban J connectivity index is 2.03. The van der Waals surface area contributed by atoms with Crippen molar-refractivity contribution in [3.63, 3.8) is 0 Å². The lowest BCUT2D eigenvalue weighted by Crippen LogP contribution is -2.40. The summed E-state index contributed by atoms with van der Waals surface area (Å²) in [4.78, 5) is 4.06. The lowest BCUT2D eigenvalue weighted by atomic mass is 9.90. The minimum atomic E-state index is -3.07. The fourth-order valence-corrected chi connectivity index (χ4v) is 3.98. The Morgan fingerprint density at radius 3 is 2.76 bits per heavy atom. The molecule has 2 unspecified atom stereocenters. The number of pyridine rings is 1. The molecule has 118 valence electrons. The first kappa shape index (κ1) is 16.4. The summed E-state index contributed by atoms with van der Waals surface area (Å²) in [6, 6.07) is 4.33. The van der Waals surface area contributed by atoms with Crippen molar-refractivity contribution in [3.05, 3.63) is 30.1 Å². The molecule has 5 nitrogen and oxygen atoms in total. The van der Waals surface area contributed by atoms with E-state index in [-0.39, 0.29) is 6.04 Å². The summed E-state index contributed by atoms with van der Waals surface area (Å²) >= 11 is 0. The van der Waals surface area contributed by atoms with Crippen molar-refractivity contribution in [1.29, 1.82) is 0 Å². The fourth-order valence-electron chi connectivity index (χ4n) is 3.03. The minimum absolute atomic E-state index is 0.266. The molecule has 0 aromatic carbocycles. The molecule has 0 bridgehead atoms. The van der Waals surface area contributed by atoms with Crippen LogP contribution in [0.25, 0.3) is 0 Å². The first-order chi connectivity index (χ1) is 10.0. The van der Waals surface area contributed by atoms with E-state index in [2.05, 4.69) is 17.2 Å². The summed E-state index contributed by atoms with van der Waals surface area (Å²) in [6.45, 7) is 4.30. The standard InChI is InChI=1S/C15H25N3O2S/c1-3-17-15(14-6-8-16-9-7-14)11-13-5-4-10-18(12-13)21(2,19)20/h6-9,13,15,17H,3-5,10-12H2,1-2H3. The Morgan fingerprint density at radius 2 is 2.14 bits per heavy atom. The van der Waals surface area contributed by atoms with Crippen LogP contribution in [0.15, 0.2) is 24.5 Å². The number of rotatable bonds is 6. The highest BCUT2D eigenvalue weighted by molar-refractivity contribution is 7.88. The highest BCUT2D eigenvalue weighted by Gasteiger charge is 2.27. The number of nitrogens with zero attached hydrogens (tertiary/aromatic N) is 2. The van der Waals surface area contributed by atoms with E-state index in [4.69, 9.17) is 0 Å². The van der Waals surface area contributed by atoms with Gasteiger partial charge in [-0.3, -0.25) is 4.98 Å². The predicted octanol–water partition coefficient (Wildman–Crippen LogP) is 1.79. The number of sulfonamides is 1. The topological polar surface area (TPSA) is 62.3 Å². The zero-order chi connectivity index (χ0) is 15.3. The number of piperidine rings is 1. The third kappa shape index (κ3) is 4.76. The molecule has 1 saturated heterocycles. The summed E-state index contributed by atoms with van der Waals surface area (Å²) in [5.41, 5.74) is 1.23. The molecule has 1 aromatic rings. The molecule has 0 amide bonds. The lowest BCUT2D eigenvalue weighted by molar-refractivity contribution is 0.239. The van der Waals surface area contributed by atoms with Crippen molar-refractivity contribution in [2.45, 2.75) is 32.2 Å². The van der Waals surface area contributed by atoms with E-state index in [9.17, 15) is 8.42 Å². The van der Waals surface area contributed by atoms with Crippen molar-refractivity contribution in [2.75, 3.05) is 25.9 Å². The second kappa shape index (κ2) is 7.33. The Hall–Kier alpha value is -0.980. The van der Waals surface area contributed by atoms with Crippen LogP contribution < -0.4 is 5.32 Å². The van der Waals surface area contributed by atoms with Gasteiger partial charge < -0.3 is 5.32 Å². The molecule has 0 aliphatic carbocycles. The van der Waals surface area contributed by atoms with Gasteiger partial charge in [0.05, 0.1) is 6.26 Å². The normalized spacial score (nSPS) is 22.1. The van der Waals surface area contributed by atoms with Gasteiger partial charge in [-0.1, -0.05) is 6.92 Å². The predicted molar refractivity (Wildman–Crippen MR) is 84.4 cm³/mol. The number of hydrogen-bond donors (Lipinski definition) is 1. The molecule has 2 heterocycles. The Bertz CT molecular complexity index is 533. The highest BCUT2D eigenvalue weighted by atomic mass is 32.2. The maximum atomic E-state index is 11.7. The average molecular weight is 311 g/mol. The van der Waals surface area contributed by atoms with Gasteiger partial charge in [-0.05, 0) is 49.4 Å². The molecule has 1 N–H and O–H groups in total. The molecule has 2 atom stereocenters. The van der Waals surface area contributed by atoms with Gasteiger partial charge in [0, 0.05) is 31.5 Å². The van der Waals surface area contributed by atoms with E-state index >= 15 is 0 Å². The van der Waals surface area contributed by atoms with Crippen LogP contribution >= 0.6 is 0 Å². The van der Waals surface area contributed by atoms with Crippen molar-refractivity contribution >= 4 is 10.0 Å². The van der Waals surface area contributed by atoms with Crippen molar-refractivity contribution in [2.24, 2.45) is 5.92 Å². The molecule has 1 aliphatic heterocycles. The zero-order valence-corrected chi connectivity index (χ0v) is 13.6. The smallest absolute Gasteiger partial charge is 0.211 e. The van der Waals surface area contributed by atoms with E-state index in [0.29, 0.717) is 19.0 Å². The molecule has 0 saturated carbocycles. The number of aromatic nitrogens is 1. The van der Waals surface area contributed by atoms with Crippen molar-refractivity contribution in [1.82, 2.24) is 14.6 Å². The average Bonchev–Trinajstić information content (AvgIpc) is 2.47. The molecule has 2 rings (SSSR count). The van der Waals surface area contributed by atoms with E-state index < -0.39 is 10.0 Å². The number of hydrogen-bond acceptors (Lipinski definition) is 4. The zero-order valence-electron chi connectivity index (χ0n) is 12.8. The van der Waals surface area contributed by atoms with E-state index in [0.717, 1.165) is 25.8 Å². The Morgan fingerprint density at radius 1 is 1.43 bits per heavy atom. The van der Waals surface area contributed by atoms with Gasteiger partial charge in [-0.15, -0.1) is 0 Å². The summed E-state index contributed by atoms with van der Waals surface area (Å²) in [5, 5.41) is 3.50. The molecular weight excluding hydrogens is 286 g/mol. The monoisotopic (exact) mass is 311 g/mol. The van der Waals surface area contributed by atoms with Gasteiger partial charge in [-0.2, -0.15) is 0 Å². The van der Waals surface area contributed by atoms with Gasteiger partial charge in [-0.25, -0.2) is 12.7 Å². The Labute approximate surface area is 127 Å². The van der Waals surface area contributed by atoms with E-state index in [1.165, 1.54) is 11.8 Å². The largest absolute Gasteiger partial charge is 0.310 e. The van der Waals surface area contributed by atoms with Gasteiger partial charge in [0.15, 0.2) is 0 Å². The summed E-state index contributed by atoms with van der Waals surface area (Å²) in [7, 11) is -3.07. The van der Waals surface area contributed by atoms with Crippen LogP contribution in [0.2, 0.25) is 0 Å². The quantitative estimate of drug-likeness (QED) is 0.870. The van der Waals surface area contributed by atoms with Gasteiger partial charge >= 0.3 is 0 Å². The molecule has 0 radical (unpaired) electrons. The second-order valence-electron chi connectivity index (χ2n) is 5.76. The number of nitrogens with one attached hydrogen (secondary N) is 1. The molecule has 21 heavy (non-hydrogen) atoms. The van der Waals surface area contributed by atoms with Crippen LogP contribution in [0, 0.1) is 5.92 Å². The van der Waals surface area contributed by atoms with Crippen LogP contribution in [0.1, 0.15) is 37.8 Å². The fraction of sp³-hybridized carbons (Fsp3) is 0.667. The van der Waals surface area contributed by atoms with Crippen LogP contribution in [0.4, 0.5) is 0 Å². The summed E-state index contributed by atoms with van der Waals surface area (Å²) in [5.74, 6) is 0.408. The van der Waals surface area contributed by atoms with E-state index in [1.54, 1.807) is 4.31 Å². The first-order valence-electron chi connectivity index (χ1n) is 7.59. The van der Waals surface area contributed by atoms with Crippen molar-refractivity contribution < 1.29 is 8.42 Å². The van der Waals surface area contributed by atoms with Gasteiger partial charge in [0.1, 0.15) is 0 Å². The Kier molecular flexibility index (Phi) is 5.72. The van der Waals surface area contributed by atoms with Crippen LogP contribution in [0.3, 0.4) is 0 Å². The third-order valence-electron chi connectivity index (χ3n) is 4.08. The first-order valence-corrected chi connectivity index (χ1v) is 9.44. The minimum Gasteiger partial charge on any atom is -0.310 e. The summed E-state index contributed by atoms with van der Waals surface area (Å²) < 4.78 is 25.1. The van der Waals surface area contributed by atoms with Crippen molar-refractivity contribution in [3.8, 4) is 0 Å². The SMILES string of the molecule is CCNC(CC1CCCN(S(C)(=O)=O)C1)c1ccncc1. The molecular formula is C15H25N3O2S. The second-order valence-corrected chi connectivity index (χ2v) is 7.74. The lowest BCUT2D eigenvalue weighted by Gasteiger charge is -2.33. The summed E-state index contributed by atoms with van der Waals surface area (Å²) in [6.07, 6.45) is 7.93. The maximum Gasteiger partial charge on any atom is 0.211 e. The van der Waals surface area contributed by atoms with Crippen LogP contribution in [0.5, 0.6) is 0 Å². The van der Waals surface area contributed by atoms with E-state index in [1.807, 2.05) is 24.5 Å². The van der Waals surface area contributed by atoms with Crippen LogP contribution in [-0.4, -0.2) is 43.6 Å². The third-order valence-corrected chi connectivity index (χ3v) is 5.35. The molecule has 6 heteroatoms. The maximum absolute atomic E-state index is 11.7.